The van der Waals surface area contributed by atoms with E-state index >= 15 is 0 Å². The van der Waals surface area contributed by atoms with Crippen LogP contribution in [0.15, 0.2) is 23.2 Å². The highest BCUT2D eigenvalue weighted by Gasteiger charge is 2.32. The third kappa shape index (κ3) is 3.58. The summed E-state index contributed by atoms with van der Waals surface area (Å²) in [5, 5.41) is 6.95. The third-order valence-corrected chi connectivity index (χ3v) is 4.08. The van der Waals surface area contributed by atoms with Gasteiger partial charge in [0.25, 0.3) is 5.91 Å². The molecule has 0 radical (unpaired) electrons. The Labute approximate surface area is 133 Å². The van der Waals surface area contributed by atoms with Crippen molar-refractivity contribution in [3.8, 4) is 0 Å². The molecule has 0 spiro atoms. The van der Waals surface area contributed by atoms with E-state index in [4.69, 9.17) is 4.42 Å². The van der Waals surface area contributed by atoms with Crippen molar-refractivity contribution in [3.05, 3.63) is 35.8 Å². The number of oxazole rings is 1. The predicted octanol–water partition coefficient (Wildman–Crippen LogP) is 1.06. The molecule has 3 heterocycles. The van der Waals surface area contributed by atoms with Crippen molar-refractivity contribution in [3.63, 3.8) is 0 Å². The van der Waals surface area contributed by atoms with Crippen molar-refractivity contribution < 1.29 is 13.6 Å². The molecule has 1 amide bonds. The molecule has 1 aliphatic rings. The van der Waals surface area contributed by atoms with Gasteiger partial charge in [0.1, 0.15) is 11.9 Å². The molecule has 2 aromatic heterocycles. The van der Waals surface area contributed by atoms with E-state index in [1.54, 1.807) is 17.8 Å². The SMILES string of the molecule is Cc1ocnc1C(=O)NC[C@@H]1C[C@H](F)CN1Cc1cnn(C)c1. The molecule has 0 unspecified atom stereocenters. The fourth-order valence-corrected chi connectivity index (χ4v) is 2.93. The van der Waals surface area contributed by atoms with Crippen molar-refractivity contribution in [2.45, 2.75) is 32.1 Å². The van der Waals surface area contributed by atoms with Crippen LogP contribution in [0.5, 0.6) is 0 Å². The number of carbonyl (C=O) groups excluding carboxylic acids is 1. The lowest BCUT2D eigenvalue weighted by molar-refractivity contribution is 0.0934. The zero-order valence-electron chi connectivity index (χ0n) is 13.2. The minimum absolute atomic E-state index is 0.0404. The quantitative estimate of drug-likeness (QED) is 0.891. The lowest BCUT2D eigenvalue weighted by atomic mass is 10.2. The maximum absolute atomic E-state index is 13.8. The third-order valence-electron chi connectivity index (χ3n) is 4.08. The van der Waals surface area contributed by atoms with Crippen LogP contribution in [-0.2, 0) is 13.6 Å². The number of halogens is 1. The summed E-state index contributed by atoms with van der Waals surface area (Å²) in [4.78, 5) is 18.0. The summed E-state index contributed by atoms with van der Waals surface area (Å²) < 4.78 is 20.5. The Hall–Kier alpha value is -2.22. The topological polar surface area (TPSA) is 76.2 Å². The first-order valence-corrected chi connectivity index (χ1v) is 7.57. The van der Waals surface area contributed by atoms with Gasteiger partial charge in [0, 0.05) is 44.5 Å². The average Bonchev–Trinajstić information content (AvgIpc) is 3.18. The molecule has 7 nitrogen and oxygen atoms in total. The minimum Gasteiger partial charge on any atom is -0.448 e. The Bertz CT molecular complexity index is 683. The van der Waals surface area contributed by atoms with Gasteiger partial charge in [-0.3, -0.25) is 14.4 Å². The first kappa shape index (κ1) is 15.7. The number of amides is 1. The molecule has 124 valence electrons. The maximum atomic E-state index is 13.8. The summed E-state index contributed by atoms with van der Waals surface area (Å²) in [6.07, 6.45) is 4.48. The van der Waals surface area contributed by atoms with Crippen LogP contribution in [0.2, 0.25) is 0 Å². The molecule has 1 N–H and O–H groups in total. The number of carbonyl (C=O) groups is 1. The van der Waals surface area contributed by atoms with Crippen molar-refractivity contribution in [2.24, 2.45) is 7.05 Å². The monoisotopic (exact) mass is 321 g/mol. The molecule has 23 heavy (non-hydrogen) atoms. The lowest BCUT2D eigenvalue weighted by Gasteiger charge is -2.23. The summed E-state index contributed by atoms with van der Waals surface area (Å²) in [5.74, 6) is 0.185. The summed E-state index contributed by atoms with van der Waals surface area (Å²) in [6.45, 7) is 3.06. The fraction of sp³-hybridized carbons (Fsp3) is 0.533. The van der Waals surface area contributed by atoms with Crippen molar-refractivity contribution in [2.75, 3.05) is 13.1 Å². The Morgan fingerprint density at radius 1 is 1.57 bits per heavy atom. The van der Waals surface area contributed by atoms with Crippen molar-refractivity contribution in [1.29, 1.82) is 0 Å². The maximum Gasteiger partial charge on any atom is 0.273 e. The second kappa shape index (κ2) is 6.49. The van der Waals surface area contributed by atoms with E-state index in [0.717, 1.165) is 5.56 Å². The number of aromatic nitrogens is 3. The summed E-state index contributed by atoms with van der Waals surface area (Å²) in [7, 11) is 1.85. The molecule has 0 aliphatic carbocycles. The zero-order valence-corrected chi connectivity index (χ0v) is 13.2. The van der Waals surface area contributed by atoms with Gasteiger partial charge < -0.3 is 9.73 Å². The van der Waals surface area contributed by atoms with Gasteiger partial charge in [-0.1, -0.05) is 0 Å². The molecular formula is C15H20FN5O2. The van der Waals surface area contributed by atoms with E-state index in [9.17, 15) is 9.18 Å². The second-order valence-electron chi connectivity index (χ2n) is 5.91. The van der Waals surface area contributed by atoms with E-state index in [-0.39, 0.29) is 17.6 Å². The van der Waals surface area contributed by atoms with Gasteiger partial charge in [-0.25, -0.2) is 9.37 Å². The molecule has 0 aromatic carbocycles. The number of hydrogen-bond donors (Lipinski definition) is 1. The number of alkyl halides is 1. The predicted molar refractivity (Wildman–Crippen MR) is 80.5 cm³/mol. The van der Waals surface area contributed by atoms with Crippen LogP contribution >= 0.6 is 0 Å². The number of nitrogens with one attached hydrogen (secondary N) is 1. The van der Waals surface area contributed by atoms with E-state index in [0.29, 0.717) is 31.8 Å². The van der Waals surface area contributed by atoms with E-state index < -0.39 is 6.17 Å². The summed E-state index contributed by atoms with van der Waals surface area (Å²) in [5.41, 5.74) is 1.31. The Kier molecular flexibility index (Phi) is 4.42. The van der Waals surface area contributed by atoms with Crippen LogP contribution in [0.4, 0.5) is 4.39 Å². The molecule has 2 aromatic rings. The fourth-order valence-electron chi connectivity index (χ4n) is 2.93. The normalized spacial score (nSPS) is 21.7. The van der Waals surface area contributed by atoms with Crippen molar-refractivity contribution >= 4 is 5.91 Å². The van der Waals surface area contributed by atoms with Gasteiger partial charge in [0.15, 0.2) is 12.1 Å². The molecule has 2 atom stereocenters. The Morgan fingerprint density at radius 2 is 2.39 bits per heavy atom. The Morgan fingerprint density at radius 3 is 3.04 bits per heavy atom. The molecule has 3 rings (SSSR count). The van der Waals surface area contributed by atoms with Crippen molar-refractivity contribution in [1.82, 2.24) is 25.0 Å². The van der Waals surface area contributed by atoms with Crippen LogP contribution in [-0.4, -0.2) is 50.9 Å². The number of aryl methyl sites for hydroxylation is 2. The number of nitrogens with zero attached hydrogens (tertiary/aromatic N) is 4. The number of hydrogen-bond acceptors (Lipinski definition) is 5. The highest BCUT2D eigenvalue weighted by atomic mass is 19.1. The molecule has 8 heteroatoms. The molecular weight excluding hydrogens is 301 g/mol. The van der Waals surface area contributed by atoms with Crippen LogP contribution in [0, 0.1) is 6.92 Å². The van der Waals surface area contributed by atoms with Crippen LogP contribution < -0.4 is 5.32 Å². The highest BCUT2D eigenvalue weighted by molar-refractivity contribution is 5.93. The summed E-state index contributed by atoms with van der Waals surface area (Å²) in [6, 6.07) is -0.0404. The van der Waals surface area contributed by atoms with Crippen LogP contribution in [0.3, 0.4) is 0 Å². The second-order valence-corrected chi connectivity index (χ2v) is 5.91. The molecule has 1 fully saturated rings. The van der Waals surface area contributed by atoms with Gasteiger partial charge in [-0.05, 0) is 13.3 Å². The van der Waals surface area contributed by atoms with Crippen LogP contribution in [0.25, 0.3) is 0 Å². The molecule has 0 saturated carbocycles. The number of likely N-dealkylation sites (tertiary alicyclic amines) is 1. The van der Waals surface area contributed by atoms with E-state index in [2.05, 4.69) is 15.4 Å². The smallest absolute Gasteiger partial charge is 0.273 e. The van der Waals surface area contributed by atoms with E-state index in [1.165, 1.54) is 6.39 Å². The van der Waals surface area contributed by atoms with Gasteiger partial charge in [0.2, 0.25) is 0 Å². The van der Waals surface area contributed by atoms with Gasteiger partial charge in [-0.2, -0.15) is 5.10 Å². The average molecular weight is 321 g/mol. The molecule has 1 saturated heterocycles. The first-order chi connectivity index (χ1) is 11.0. The molecule has 1 aliphatic heterocycles. The number of rotatable bonds is 5. The van der Waals surface area contributed by atoms with E-state index in [1.807, 2.05) is 18.1 Å². The minimum atomic E-state index is -0.873. The summed E-state index contributed by atoms with van der Waals surface area (Å²) >= 11 is 0. The molecule has 0 bridgehead atoms. The zero-order chi connectivity index (χ0) is 16.4. The first-order valence-electron chi connectivity index (χ1n) is 7.57. The van der Waals surface area contributed by atoms with Gasteiger partial charge >= 0.3 is 0 Å². The van der Waals surface area contributed by atoms with Gasteiger partial charge in [0.05, 0.1) is 6.20 Å². The standard InChI is InChI=1S/C15H20FN5O2/c1-10-14(18-9-23-10)15(22)17-5-13-3-12(16)8-21(13)7-11-4-19-20(2)6-11/h4,6,9,12-13H,3,5,7-8H2,1-2H3,(H,17,22)/t12-,13-/m0/s1. The highest BCUT2D eigenvalue weighted by Crippen LogP contribution is 2.22. The lowest BCUT2D eigenvalue weighted by Crippen LogP contribution is -2.40. The van der Waals surface area contributed by atoms with Crippen LogP contribution in [0.1, 0.15) is 28.2 Å². The van der Waals surface area contributed by atoms with Gasteiger partial charge in [-0.15, -0.1) is 0 Å². The Balaban J connectivity index is 1.59. The largest absolute Gasteiger partial charge is 0.448 e.